The summed E-state index contributed by atoms with van der Waals surface area (Å²) in [6, 6.07) is 0.390. The quantitative estimate of drug-likeness (QED) is 0.681. The zero-order valence-electron chi connectivity index (χ0n) is 10.2. The monoisotopic (exact) mass is 248 g/mol. The molecule has 2 rings (SSSR count). The number of rotatable bonds is 4. The molecular weight excluding hydrogens is 232 g/mol. The first-order chi connectivity index (χ1) is 8.65. The molecule has 6 heteroatoms. The highest BCUT2D eigenvalue weighted by Crippen LogP contribution is 2.09. The van der Waals surface area contributed by atoms with Crippen molar-refractivity contribution in [3.8, 4) is 0 Å². The van der Waals surface area contributed by atoms with Gasteiger partial charge in [0, 0.05) is 18.2 Å². The van der Waals surface area contributed by atoms with Crippen molar-refractivity contribution >= 4 is 17.9 Å². The third kappa shape index (κ3) is 3.27. The first-order valence-electron chi connectivity index (χ1n) is 5.86. The number of carbonyl (C=O) groups is 1. The van der Waals surface area contributed by atoms with Gasteiger partial charge >= 0.3 is 5.97 Å². The highest BCUT2D eigenvalue weighted by molar-refractivity contribution is 5.91. The molecule has 1 aliphatic rings. The fourth-order valence-corrected chi connectivity index (χ4v) is 1.76. The second-order valence-electron chi connectivity index (χ2n) is 4.29. The van der Waals surface area contributed by atoms with Gasteiger partial charge in [-0.3, -0.25) is 4.98 Å². The molecule has 2 heterocycles. The van der Waals surface area contributed by atoms with Crippen molar-refractivity contribution in [2.45, 2.75) is 19.4 Å². The molecule has 1 aromatic rings. The minimum Gasteiger partial charge on any atom is -0.478 e. The van der Waals surface area contributed by atoms with Crippen molar-refractivity contribution in [1.29, 1.82) is 0 Å². The lowest BCUT2D eigenvalue weighted by Gasteiger charge is -2.11. The molecule has 3 N–H and O–H groups in total. The highest BCUT2D eigenvalue weighted by atomic mass is 16.4. The molecule has 1 aliphatic heterocycles. The Kier molecular flexibility index (Phi) is 3.88. The van der Waals surface area contributed by atoms with Crippen LogP contribution in [0.1, 0.15) is 19.0 Å². The van der Waals surface area contributed by atoms with E-state index >= 15 is 0 Å². The maximum atomic E-state index is 10.7. The van der Waals surface area contributed by atoms with Crippen LogP contribution in [0.2, 0.25) is 0 Å². The minimum absolute atomic E-state index is 0.241. The van der Waals surface area contributed by atoms with E-state index in [9.17, 15) is 4.79 Å². The van der Waals surface area contributed by atoms with Gasteiger partial charge in [0.2, 0.25) is 0 Å². The lowest BCUT2D eigenvalue weighted by atomic mass is 10.2. The van der Waals surface area contributed by atoms with Gasteiger partial charge in [0.25, 0.3) is 0 Å². The Hall–Kier alpha value is -1.95. The molecule has 0 amide bonds. The molecular formula is C12H16N4O2. The number of carboxylic acid groups (broad SMARTS) is 1. The van der Waals surface area contributed by atoms with Crippen LogP contribution in [0.3, 0.4) is 0 Å². The van der Waals surface area contributed by atoms with E-state index in [1.54, 1.807) is 12.4 Å². The molecule has 0 bridgehead atoms. The summed E-state index contributed by atoms with van der Waals surface area (Å²) in [5.74, 6) is -0.232. The molecule has 0 saturated carbocycles. The van der Waals surface area contributed by atoms with E-state index < -0.39 is 5.97 Å². The third-order valence-electron chi connectivity index (χ3n) is 2.79. The van der Waals surface area contributed by atoms with Gasteiger partial charge in [-0.05, 0) is 26.0 Å². The van der Waals surface area contributed by atoms with Crippen LogP contribution in [0.15, 0.2) is 18.0 Å². The standard InChI is InChI=1S/C12H16N4O2/c1-8(12(17)18)4-10-6-15-11(7-14-10)16-9-2-3-13-5-9/h4,6-7,9,13H,2-3,5H2,1H3,(H,15,16)(H,17,18)/b8-4+/t9-/m1/s1. The topological polar surface area (TPSA) is 87.1 Å². The van der Waals surface area contributed by atoms with Crippen LogP contribution in [0.5, 0.6) is 0 Å². The molecule has 0 spiro atoms. The number of hydrogen-bond acceptors (Lipinski definition) is 5. The van der Waals surface area contributed by atoms with Crippen LogP contribution in [0, 0.1) is 0 Å². The summed E-state index contributed by atoms with van der Waals surface area (Å²) in [5.41, 5.74) is 0.787. The summed E-state index contributed by atoms with van der Waals surface area (Å²) in [5, 5.41) is 15.3. The lowest BCUT2D eigenvalue weighted by Crippen LogP contribution is -2.22. The Morgan fingerprint density at radius 2 is 2.39 bits per heavy atom. The van der Waals surface area contributed by atoms with Gasteiger partial charge in [0.05, 0.1) is 18.1 Å². The fraction of sp³-hybridized carbons (Fsp3) is 0.417. The number of nitrogens with one attached hydrogen (secondary N) is 2. The zero-order valence-corrected chi connectivity index (χ0v) is 10.2. The Balaban J connectivity index is 2.00. The molecule has 0 unspecified atom stereocenters. The second kappa shape index (κ2) is 5.59. The summed E-state index contributed by atoms with van der Waals surface area (Å²) in [6.07, 6.45) is 5.76. The maximum absolute atomic E-state index is 10.7. The summed E-state index contributed by atoms with van der Waals surface area (Å²) in [4.78, 5) is 19.0. The maximum Gasteiger partial charge on any atom is 0.331 e. The molecule has 1 atom stereocenters. The van der Waals surface area contributed by atoms with Crippen molar-refractivity contribution in [3.05, 3.63) is 23.7 Å². The molecule has 0 radical (unpaired) electrons. The summed E-state index contributed by atoms with van der Waals surface area (Å²) >= 11 is 0. The predicted molar refractivity (Wildman–Crippen MR) is 68.2 cm³/mol. The molecule has 1 saturated heterocycles. The van der Waals surface area contributed by atoms with E-state index in [-0.39, 0.29) is 5.57 Å². The van der Waals surface area contributed by atoms with Crippen molar-refractivity contribution in [3.63, 3.8) is 0 Å². The minimum atomic E-state index is -0.948. The largest absolute Gasteiger partial charge is 0.478 e. The first kappa shape index (κ1) is 12.5. The number of nitrogens with zero attached hydrogens (tertiary/aromatic N) is 2. The van der Waals surface area contributed by atoms with E-state index in [1.165, 1.54) is 13.0 Å². The van der Waals surface area contributed by atoms with Crippen molar-refractivity contribution in [2.75, 3.05) is 18.4 Å². The number of hydrogen-bond donors (Lipinski definition) is 3. The fourth-order valence-electron chi connectivity index (χ4n) is 1.76. The van der Waals surface area contributed by atoms with Crippen molar-refractivity contribution in [1.82, 2.24) is 15.3 Å². The number of aromatic nitrogens is 2. The van der Waals surface area contributed by atoms with Crippen LogP contribution in [0.4, 0.5) is 5.82 Å². The van der Waals surface area contributed by atoms with E-state index in [2.05, 4.69) is 20.6 Å². The highest BCUT2D eigenvalue weighted by Gasteiger charge is 2.14. The molecule has 1 fully saturated rings. The average Bonchev–Trinajstić information content (AvgIpc) is 2.84. The molecule has 18 heavy (non-hydrogen) atoms. The van der Waals surface area contributed by atoms with Gasteiger partial charge in [-0.2, -0.15) is 0 Å². The molecule has 1 aromatic heterocycles. The van der Waals surface area contributed by atoms with Crippen LogP contribution < -0.4 is 10.6 Å². The van der Waals surface area contributed by atoms with Crippen molar-refractivity contribution < 1.29 is 9.90 Å². The van der Waals surface area contributed by atoms with E-state index in [0.29, 0.717) is 17.6 Å². The number of carboxylic acids is 1. The summed E-state index contributed by atoms with van der Waals surface area (Å²) < 4.78 is 0. The zero-order chi connectivity index (χ0) is 13.0. The van der Waals surface area contributed by atoms with E-state index in [4.69, 9.17) is 5.11 Å². The van der Waals surface area contributed by atoms with Crippen LogP contribution in [-0.2, 0) is 4.79 Å². The van der Waals surface area contributed by atoms with Gasteiger partial charge in [-0.1, -0.05) is 0 Å². The van der Waals surface area contributed by atoms with Crippen LogP contribution in [0.25, 0.3) is 6.08 Å². The number of aliphatic carboxylic acids is 1. The summed E-state index contributed by atoms with van der Waals surface area (Å²) in [7, 11) is 0. The molecule has 6 nitrogen and oxygen atoms in total. The Morgan fingerprint density at radius 1 is 1.56 bits per heavy atom. The Labute approximate surface area is 105 Å². The van der Waals surface area contributed by atoms with Crippen LogP contribution in [-0.4, -0.2) is 40.2 Å². The van der Waals surface area contributed by atoms with E-state index in [1.807, 2.05) is 0 Å². The Bertz CT molecular complexity index is 450. The van der Waals surface area contributed by atoms with Gasteiger partial charge in [-0.15, -0.1) is 0 Å². The molecule has 0 aliphatic carbocycles. The summed E-state index contributed by atoms with van der Waals surface area (Å²) in [6.45, 7) is 3.48. The normalized spacial score (nSPS) is 19.8. The van der Waals surface area contributed by atoms with E-state index in [0.717, 1.165) is 19.5 Å². The average molecular weight is 248 g/mol. The third-order valence-corrected chi connectivity index (χ3v) is 2.79. The van der Waals surface area contributed by atoms with Gasteiger partial charge in [0.1, 0.15) is 5.82 Å². The number of anilines is 1. The van der Waals surface area contributed by atoms with Gasteiger partial charge < -0.3 is 15.7 Å². The lowest BCUT2D eigenvalue weighted by molar-refractivity contribution is -0.132. The second-order valence-corrected chi connectivity index (χ2v) is 4.29. The van der Waals surface area contributed by atoms with Crippen LogP contribution >= 0.6 is 0 Å². The van der Waals surface area contributed by atoms with Crippen molar-refractivity contribution in [2.24, 2.45) is 0 Å². The van der Waals surface area contributed by atoms with Gasteiger partial charge in [-0.25, -0.2) is 9.78 Å². The Morgan fingerprint density at radius 3 is 2.94 bits per heavy atom. The first-order valence-corrected chi connectivity index (χ1v) is 5.86. The molecule has 96 valence electrons. The van der Waals surface area contributed by atoms with Gasteiger partial charge in [0.15, 0.2) is 0 Å². The SMILES string of the molecule is C/C(=C\c1cnc(N[C@@H]2CCNC2)cn1)C(=O)O. The predicted octanol–water partition coefficient (Wildman–Crippen LogP) is 0.738. The molecule has 0 aromatic carbocycles. The smallest absolute Gasteiger partial charge is 0.331 e.